The Morgan fingerprint density at radius 3 is 2.90 bits per heavy atom. The first-order valence-corrected chi connectivity index (χ1v) is 6.59. The number of amides is 2. The number of pyridine rings is 1. The van der Waals surface area contributed by atoms with E-state index in [4.69, 9.17) is 0 Å². The van der Waals surface area contributed by atoms with Crippen molar-refractivity contribution in [1.29, 1.82) is 0 Å². The molecule has 1 aliphatic rings. The number of hydrogen-bond acceptors (Lipinski definition) is 5. The first-order chi connectivity index (χ1) is 9.75. The molecular weight excluding hydrogens is 258 g/mol. The molecule has 1 fully saturated rings. The van der Waals surface area contributed by atoms with Crippen LogP contribution >= 0.6 is 0 Å². The molecule has 7 heteroatoms. The Morgan fingerprint density at radius 1 is 1.30 bits per heavy atom. The van der Waals surface area contributed by atoms with Gasteiger partial charge in [-0.05, 0) is 32.0 Å². The SMILES string of the molecule is O=C(NC(=O)C1CCNCC1)c1n[nH]c2ccncc12. The molecule has 104 valence electrons. The van der Waals surface area contributed by atoms with E-state index in [0.717, 1.165) is 31.4 Å². The summed E-state index contributed by atoms with van der Waals surface area (Å²) >= 11 is 0. The zero-order valence-electron chi connectivity index (χ0n) is 10.8. The number of aromatic nitrogens is 3. The van der Waals surface area contributed by atoms with Gasteiger partial charge in [0.05, 0.1) is 10.9 Å². The molecule has 0 radical (unpaired) electrons. The summed E-state index contributed by atoms with van der Waals surface area (Å²) in [5.41, 5.74) is 0.926. The molecule has 0 spiro atoms. The Morgan fingerprint density at radius 2 is 2.10 bits per heavy atom. The molecule has 20 heavy (non-hydrogen) atoms. The van der Waals surface area contributed by atoms with Gasteiger partial charge < -0.3 is 5.32 Å². The van der Waals surface area contributed by atoms with E-state index in [1.165, 1.54) is 0 Å². The van der Waals surface area contributed by atoms with Crippen molar-refractivity contribution in [2.45, 2.75) is 12.8 Å². The Bertz CT molecular complexity index is 645. The largest absolute Gasteiger partial charge is 0.317 e. The minimum atomic E-state index is -0.479. The topological polar surface area (TPSA) is 99.8 Å². The predicted molar refractivity (Wildman–Crippen MR) is 72.0 cm³/mol. The Hall–Kier alpha value is -2.28. The van der Waals surface area contributed by atoms with Gasteiger partial charge in [-0.3, -0.25) is 25.0 Å². The monoisotopic (exact) mass is 273 g/mol. The van der Waals surface area contributed by atoms with E-state index in [1.807, 2.05) is 0 Å². The van der Waals surface area contributed by atoms with Gasteiger partial charge in [-0.1, -0.05) is 0 Å². The van der Waals surface area contributed by atoms with E-state index in [1.54, 1.807) is 18.5 Å². The summed E-state index contributed by atoms with van der Waals surface area (Å²) in [5.74, 6) is -0.812. The van der Waals surface area contributed by atoms with Crippen molar-refractivity contribution < 1.29 is 9.59 Å². The summed E-state index contributed by atoms with van der Waals surface area (Å²) in [7, 11) is 0. The van der Waals surface area contributed by atoms with Gasteiger partial charge in [0.1, 0.15) is 0 Å². The molecule has 2 amide bonds. The van der Waals surface area contributed by atoms with Crippen molar-refractivity contribution in [2.24, 2.45) is 5.92 Å². The second kappa shape index (κ2) is 5.38. The smallest absolute Gasteiger partial charge is 0.279 e. The second-order valence-corrected chi connectivity index (χ2v) is 4.84. The highest BCUT2D eigenvalue weighted by Crippen LogP contribution is 2.15. The van der Waals surface area contributed by atoms with Gasteiger partial charge in [-0.2, -0.15) is 5.10 Å². The third-order valence-electron chi connectivity index (χ3n) is 3.53. The second-order valence-electron chi connectivity index (χ2n) is 4.84. The molecule has 2 aromatic rings. The molecule has 2 aromatic heterocycles. The Balaban J connectivity index is 1.74. The quantitative estimate of drug-likeness (QED) is 0.679. The third kappa shape index (κ3) is 2.39. The van der Waals surface area contributed by atoms with Crippen LogP contribution in [-0.4, -0.2) is 40.1 Å². The fourth-order valence-electron chi connectivity index (χ4n) is 2.39. The van der Waals surface area contributed by atoms with Crippen LogP contribution in [0.15, 0.2) is 18.5 Å². The summed E-state index contributed by atoms with van der Waals surface area (Å²) in [6.07, 6.45) is 4.68. The van der Waals surface area contributed by atoms with Crippen LogP contribution in [0.1, 0.15) is 23.3 Å². The maximum atomic E-state index is 12.1. The highest BCUT2D eigenvalue weighted by atomic mass is 16.2. The van der Waals surface area contributed by atoms with Gasteiger partial charge in [0.25, 0.3) is 5.91 Å². The van der Waals surface area contributed by atoms with Gasteiger partial charge >= 0.3 is 0 Å². The number of rotatable bonds is 2. The molecule has 3 N–H and O–H groups in total. The highest BCUT2D eigenvalue weighted by molar-refractivity contribution is 6.10. The molecule has 7 nitrogen and oxygen atoms in total. The lowest BCUT2D eigenvalue weighted by Crippen LogP contribution is -2.40. The lowest BCUT2D eigenvalue weighted by atomic mass is 9.97. The number of nitrogens with zero attached hydrogens (tertiary/aromatic N) is 2. The Labute approximate surface area is 115 Å². The fraction of sp³-hybridized carbons (Fsp3) is 0.385. The van der Waals surface area contributed by atoms with Crippen LogP contribution in [0.25, 0.3) is 10.9 Å². The molecule has 0 aliphatic carbocycles. The maximum absolute atomic E-state index is 12.1. The minimum absolute atomic E-state index is 0.108. The molecule has 0 atom stereocenters. The summed E-state index contributed by atoms with van der Waals surface area (Å²) < 4.78 is 0. The molecule has 0 aromatic carbocycles. The molecule has 0 bridgehead atoms. The number of H-pyrrole nitrogens is 1. The highest BCUT2D eigenvalue weighted by Gasteiger charge is 2.24. The van der Waals surface area contributed by atoms with Crippen molar-refractivity contribution in [3.63, 3.8) is 0 Å². The van der Waals surface area contributed by atoms with Crippen molar-refractivity contribution in [3.8, 4) is 0 Å². The summed E-state index contributed by atoms with van der Waals surface area (Å²) in [4.78, 5) is 28.1. The van der Waals surface area contributed by atoms with Crippen molar-refractivity contribution in [2.75, 3.05) is 13.1 Å². The van der Waals surface area contributed by atoms with Crippen molar-refractivity contribution >= 4 is 22.7 Å². The number of nitrogens with one attached hydrogen (secondary N) is 3. The standard InChI is InChI=1S/C13H15N5O2/c19-12(8-1-4-14-5-2-8)16-13(20)11-9-7-15-6-3-10(9)17-18-11/h3,6-8,14H,1-2,4-5H2,(H,17,18)(H,16,19,20). The van der Waals surface area contributed by atoms with E-state index in [9.17, 15) is 9.59 Å². The van der Waals surface area contributed by atoms with Crippen LogP contribution in [0.2, 0.25) is 0 Å². The predicted octanol–water partition coefficient (Wildman–Crippen LogP) is 0.214. The lowest BCUT2D eigenvalue weighted by Gasteiger charge is -2.21. The van der Waals surface area contributed by atoms with Crippen molar-refractivity contribution in [3.05, 3.63) is 24.2 Å². The summed E-state index contributed by atoms with van der Waals surface area (Å²) in [6.45, 7) is 1.61. The minimum Gasteiger partial charge on any atom is -0.317 e. The number of carbonyl (C=O) groups is 2. The van der Waals surface area contributed by atoms with Crippen LogP contribution in [0, 0.1) is 5.92 Å². The normalized spacial score (nSPS) is 16.2. The van der Waals surface area contributed by atoms with E-state index in [2.05, 4.69) is 25.8 Å². The van der Waals surface area contributed by atoms with E-state index < -0.39 is 5.91 Å². The van der Waals surface area contributed by atoms with Crippen LogP contribution in [-0.2, 0) is 4.79 Å². The van der Waals surface area contributed by atoms with Crippen LogP contribution in [0.3, 0.4) is 0 Å². The molecule has 0 saturated carbocycles. The van der Waals surface area contributed by atoms with E-state index in [-0.39, 0.29) is 17.5 Å². The van der Waals surface area contributed by atoms with Gasteiger partial charge in [-0.25, -0.2) is 0 Å². The molecule has 3 rings (SSSR count). The maximum Gasteiger partial charge on any atom is 0.279 e. The number of fused-ring (bicyclic) bond motifs is 1. The third-order valence-corrected chi connectivity index (χ3v) is 3.53. The summed E-state index contributed by atoms with van der Waals surface area (Å²) in [5, 5.41) is 12.9. The van der Waals surface area contributed by atoms with Gasteiger partial charge in [-0.15, -0.1) is 0 Å². The first kappa shape index (κ1) is 12.7. The van der Waals surface area contributed by atoms with Crippen LogP contribution in [0.4, 0.5) is 0 Å². The van der Waals surface area contributed by atoms with Crippen LogP contribution < -0.4 is 10.6 Å². The number of piperidine rings is 1. The lowest BCUT2D eigenvalue weighted by molar-refractivity contribution is -0.124. The average Bonchev–Trinajstić information content (AvgIpc) is 2.92. The molecule has 3 heterocycles. The van der Waals surface area contributed by atoms with Gasteiger partial charge in [0, 0.05) is 18.3 Å². The zero-order valence-corrected chi connectivity index (χ0v) is 10.8. The summed E-state index contributed by atoms with van der Waals surface area (Å²) in [6, 6.07) is 1.73. The first-order valence-electron chi connectivity index (χ1n) is 6.59. The van der Waals surface area contributed by atoms with E-state index in [0.29, 0.717) is 5.39 Å². The molecule has 1 saturated heterocycles. The molecule has 0 unspecified atom stereocenters. The molecule has 1 aliphatic heterocycles. The average molecular weight is 273 g/mol. The van der Waals surface area contributed by atoms with Crippen LogP contribution in [0.5, 0.6) is 0 Å². The van der Waals surface area contributed by atoms with Crippen molar-refractivity contribution in [1.82, 2.24) is 25.8 Å². The Kier molecular flexibility index (Phi) is 3.42. The number of carbonyl (C=O) groups excluding carboxylic acids is 2. The zero-order chi connectivity index (χ0) is 13.9. The fourth-order valence-corrected chi connectivity index (χ4v) is 2.39. The van der Waals surface area contributed by atoms with Gasteiger partial charge in [0.15, 0.2) is 5.69 Å². The van der Waals surface area contributed by atoms with Gasteiger partial charge in [0.2, 0.25) is 5.91 Å². The number of imide groups is 1. The number of aromatic amines is 1. The molecular formula is C13H15N5O2. The van der Waals surface area contributed by atoms with E-state index >= 15 is 0 Å². The number of hydrogen-bond donors (Lipinski definition) is 3.